The molecule has 110 valence electrons. The molecule has 1 aliphatic heterocycles. The van der Waals surface area contributed by atoms with E-state index in [0.29, 0.717) is 19.6 Å². The highest BCUT2D eigenvalue weighted by Gasteiger charge is 2.28. The molecule has 1 unspecified atom stereocenters. The summed E-state index contributed by atoms with van der Waals surface area (Å²) in [5.74, 6) is 6.37. The van der Waals surface area contributed by atoms with Crippen molar-refractivity contribution in [2.24, 2.45) is 0 Å². The summed E-state index contributed by atoms with van der Waals surface area (Å²) < 4.78 is 5.49. The Morgan fingerprint density at radius 2 is 2.10 bits per heavy atom. The van der Waals surface area contributed by atoms with Gasteiger partial charge < -0.3 is 9.64 Å². The molecule has 21 heavy (non-hydrogen) atoms. The number of carbonyl (C=O) groups excluding carboxylic acids is 1. The molecule has 1 aliphatic rings. The van der Waals surface area contributed by atoms with Crippen molar-refractivity contribution >= 4 is 23.2 Å². The number of alkyl halides is 1. The van der Waals surface area contributed by atoms with Crippen molar-refractivity contribution in [2.75, 3.05) is 13.2 Å². The maximum Gasteiger partial charge on any atom is 0.245 e. The number of nitrogens with zero attached hydrogens (tertiary/aromatic N) is 1. The van der Waals surface area contributed by atoms with Crippen molar-refractivity contribution in [2.45, 2.75) is 25.6 Å². The van der Waals surface area contributed by atoms with E-state index in [9.17, 15) is 4.79 Å². The number of rotatable bonds is 4. The van der Waals surface area contributed by atoms with Crippen LogP contribution in [0, 0.1) is 11.8 Å². The molecule has 0 spiro atoms. The Morgan fingerprint density at radius 1 is 1.38 bits per heavy atom. The molecule has 0 N–H and O–H groups in total. The Balaban J connectivity index is 2.17. The molecular weight excluding hydrogens is 286 g/mol. The number of halogens is 1. The van der Waals surface area contributed by atoms with E-state index in [1.54, 1.807) is 11.8 Å². The van der Waals surface area contributed by atoms with Crippen molar-refractivity contribution in [3.05, 3.63) is 35.9 Å². The lowest BCUT2D eigenvalue weighted by molar-refractivity contribution is -0.127. The van der Waals surface area contributed by atoms with E-state index in [1.807, 2.05) is 37.3 Å². The maximum atomic E-state index is 12.1. The molecule has 0 fully saturated rings. The Labute approximate surface area is 130 Å². The Bertz CT molecular complexity index is 595. The molecule has 1 aromatic rings. The normalized spacial score (nSPS) is 17.9. The minimum atomic E-state index is -0.455. The van der Waals surface area contributed by atoms with Crippen LogP contribution >= 0.6 is 11.6 Å². The highest BCUT2D eigenvalue weighted by molar-refractivity contribution is 6.31. The maximum absolute atomic E-state index is 12.1. The fraction of sp³-hybridized carbons (Fsp3) is 0.353. The Hall–Kier alpha value is -1.92. The van der Waals surface area contributed by atoms with Crippen molar-refractivity contribution < 1.29 is 9.53 Å². The number of ether oxygens (including phenoxy) is 1. The van der Waals surface area contributed by atoms with Gasteiger partial charge in [-0.2, -0.15) is 0 Å². The first-order valence-electron chi connectivity index (χ1n) is 6.95. The predicted octanol–water partition coefficient (Wildman–Crippen LogP) is 3.29. The molecule has 0 aromatic heterocycles. The Kier molecular flexibility index (Phi) is 5.30. The second-order valence-corrected chi connectivity index (χ2v) is 5.14. The van der Waals surface area contributed by atoms with Gasteiger partial charge in [-0.1, -0.05) is 12.0 Å². The van der Waals surface area contributed by atoms with Gasteiger partial charge in [-0.05, 0) is 50.1 Å². The molecule has 3 nitrogen and oxygen atoms in total. The standard InChI is InChI=1S/C17H18ClNO2/c1-3-5-12-21-14-8-6-13(7-9-14)16-11-10-15(18)17(20)19(16)4-2/h6-9,11,15H,4,10,12H2,1-2H3. The lowest BCUT2D eigenvalue weighted by Gasteiger charge is -2.30. The average Bonchev–Trinajstić information content (AvgIpc) is 2.51. The van der Waals surface area contributed by atoms with Gasteiger partial charge in [-0.25, -0.2) is 0 Å². The first-order chi connectivity index (χ1) is 10.2. The van der Waals surface area contributed by atoms with Gasteiger partial charge in [0.2, 0.25) is 5.91 Å². The van der Waals surface area contributed by atoms with Crippen LogP contribution in [0.2, 0.25) is 0 Å². The van der Waals surface area contributed by atoms with E-state index in [4.69, 9.17) is 16.3 Å². The van der Waals surface area contributed by atoms with Crippen LogP contribution < -0.4 is 4.74 Å². The van der Waals surface area contributed by atoms with Crippen LogP contribution in [0.5, 0.6) is 5.75 Å². The molecule has 0 saturated heterocycles. The molecule has 0 aliphatic carbocycles. The third-order valence-corrected chi connectivity index (χ3v) is 3.66. The quantitative estimate of drug-likeness (QED) is 0.631. The molecule has 0 radical (unpaired) electrons. The molecule has 2 rings (SSSR count). The fourth-order valence-electron chi connectivity index (χ4n) is 2.23. The van der Waals surface area contributed by atoms with E-state index in [-0.39, 0.29) is 5.91 Å². The summed E-state index contributed by atoms with van der Waals surface area (Å²) in [6, 6.07) is 7.67. The predicted molar refractivity (Wildman–Crippen MR) is 85.0 cm³/mol. The monoisotopic (exact) mass is 303 g/mol. The van der Waals surface area contributed by atoms with Crippen LogP contribution in [-0.2, 0) is 4.79 Å². The first-order valence-corrected chi connectivity index (χ1v) is 7.39. The van der Waals surface area contributed by atoms with Crippen molar-refractivity contribution in [1.82, 2.24) is 4.90 Å². The number of hydrogen-bond donors (Lipinski definition) is 0. The summed E-state index contributed by atoms with van der Waals surface area (Å²) in [6.07, 6.45) is 2.58. The summed E-state index contributed by atoms with van der Waals surface area (Å²) >= 11 is 6.02. The van der Waals surface area contributed by atoms with Gasteiger partial charge in [0.25, 0.3) is 0 Å². The summed E-state index contributed by atoms with van der Waals surface area (Å²) in [4.78, 5) is 13.8. The van der Waals surface area contributed by atoms with E-state index in [2.05, 4.69) is 11.8 Å². The molecule has 0 saturated carbocycles. The molecule has 1 aromatic carbocycles. The van der Waals surface area contributed by atoms with E-state index < -0.39 is 5.38 Å². The van der Waals surface area contributed by atoms with Gasteiger partial charge in [0, 0.05) is 12.2 Å². The van der Waals surface area contributed by atoms with Crippen molar-refractivity contribution in [1.29, 1.82) is 0 Å². The van der Waals surface area contributed by atoms with Crippen LogP contribution in [0.4, 0.5) is 0 Å². The fourth-order valence-corrected chi connectivity index (χ4v) is 2.43. The molecule has 4 heteroatoms. The second kappa shape index (κ2) is 7.19. The zero-order chi connectivity index (χ0) is 15.2. The third-order valence-electron chi connectivity index (χ3n) is 3.30. The van der Waals surface area contributed by atoms with Gasteiger partial charge in [0.1, 0.15) is 17.7 Å². The molecular formula is C17H18ClNO2. The highest BCUT2D eigenvalue weighted by atomic mass is 35.5. The van der Waals surface area contributed by atoms with Crippen LogP contribution in [0.1, 0.15) is 25.8 Å². The van der Waals surface area contributed by atoms with Gasteiger partial charge in [0.05, 0.1) is 0 Å². The molecule has 1 heterocycles. The zero-order valence-corrected chi connectivity index (χ0v) is 13.0. The SMILES string of the molecule is CC#CCOc1ccc(C2=CCC(Cl)C(=O)N2CC)cc1. The number of allylic oxidation sites excluding steroid dienone is 1. The number of benzene rings is 1. The van der Waals surface area contributed by atoms with Gasteiger partial charge in [-0.3, -0.25) is 4.79 Å². The van der Waals surface area contributed by atoms with Crippen molar-refractivity contribution in [3.8, 4) is 17.6 Å². The van der Waals surface area contributed by atoms with E-state index in [1.165, 1.54) is 0 Å². The lowest BCUT2D eigenvalue weighted by Crippen LogP contribution is -2.38. The van der Waals surface area contributed by atoms with Crippen LogP contribution in [-0.4, -0.2) is 29.3 Å². The van der Waals surface area contributed by atoms with Gasteiger partial charge in [0.15, 0.2) is 0 Å². The molecule has 1 amide bonds. The van der Waals surface area contributed by atoms with Crippen LogP contribution in [0.15, 0.2) is 30.3 Å². The van der Waals surface area contributed by atoms with Gasteiger partial charge >= 0.3 is 0 Å². The molecule has 1 atom stereocenters. The minimum Gasteiger partial charge on any atom is -0.481 e. The summed E-state index contributed by atoms with van der Waals surface area (Å²) in [6.45, 7) is 4.72. The summed E-state index contributed by atoms with van der Waals surface area (Å²) in [5.41, 5.74) is 1.90. The lowest BCUT2D eigenvalue weighted by atomic mass is 10.0. The molecule has 0 bridgehead atoms. The number of carbonyl (C=O) groups is 1. The third kappa shape index (κ3) is 3.59. The van der Waals surface area contributed by atoms with Crippen LogP contribution in [0.25, 0.3) is 5.70 Å². The average molecular weight is 304 g/mol. The first kappa shape index (κ1) is 15.5. The minimum absolute atomic E-state index is 0.0322. The zero-order valence-electron chi connectivity index (χ0n) is 12.2. The topological polar surface area (TPSA) is 29.5 Å². The second-order valence-electron chi connectivity index (χ2n) is 4.61. The largest absolute Gasteiger partial charge is 0.481 e. The summed E-state index contributed by atoms with van der Waals surface area (Å²) in [7, 11) is 0. The van der Waals surface area contributed by atoms with E-state index in [0.717, 1.165) is 17.0 Å². The Morgan fingerprint density at radius 3 is 2.71 bits per heavy atom. The number of hydrogen-bond acceptors (Lipinski definition) is 2. The summed E-state index contributed by atoms with van der Waals surface area (Å²) in [5, 5.41) is -0.455. The van der Waals surface area contributed by atoms with Crippen molar-refractivity contribution in [3.63, 3.8) is 0 Å². The van der Waals surface area contributed by atoms with Gasteiger partial charge in [-0.15, -0.1) is 17.5 Å². The number of amides is 1. The smallest absolute Gasteiger partial charge is 0.245 e. The highest BCUT2D eigenvalue weighted by Crippen LogP contribution is 2.28. The van der Waals surface area contributed by atoms with E-state index >= 15 is 0 Å². The van der Waals surface area contributed by atoms with Crippen LogP contribution in [0.3, 0.4) is 0 Å².